The van der Waals surface area contributed by atoms with Crippen LogP contribution >= 0.6 is 22.9 Å². The minimum Gasteiger partial charge on any atom is -0.398 e. The number of anilines is 1. The number of nitrogens with two attached hydrogens (primary N) is 1. The summed E-state index contributed by atoms with van der Waals surface area (Å²) in [7, 11) is 0. The molecule has 3 heteroatoms. The standard InChI is InChI=1S/C5H6ClNS/c1-3-4(7)2-5(6)8-3/h2H,7H2,1H3. The summed E-state index contributed by atoms with van der Waals surface area (Å²) in [5.41, 5.74) is 6.26. The predicted molar refractivity (Wildman–Crippen MR) is 38.5 cm³/mol. The Labute approximate surface area is 57.1 Å². The normalized spacial score (nSPS) is 9.75. The van der Waals surface area contributed by atoms with E-state index in [-0.39, 0.29) is 0 Å². The molecule has 2 N–H and O–H groups in total. The van der Waals surface area contributed by atoms with Crippen molar-refractivity contribution < 1.29 is 0 Å². The van der Waals surface area contributed by atoms with Crippen LogP contribution in [0.25, 0.3) is 0 Å². The molecule has 8 heavy (non-hydrogen) atoms. The number of hydrogen-bond donors (Lipinski definition) is 1. The Morgan fingerprint density at radius 2 is 2.38 bits per heavy atom. The van der Waals surface area contributed by atoms with Crippen molar-refractivity contribution in [2.24, 2.45) is 0 Å². The molecule has 0 amide bonds. The largest absolute Gasteiger partial charge is 0.398 e. The molecule has 0 aromatic carbocycles. The maximum absolute atomic E-state index is 5.60. The molecule has 0 aliphatic rings. The lowest BCUT2D eigenvalue weighted by molar-refractivity contribution is 1.63. The quantitative estimate of drug-likeness (QED) is 0.599. The molecule has 0 saturated carbocycles. The molecule has 0 atom stereocenters. The second kappa shape index (κ2) is 1.96. The summed E-state index contributed by atoms with van der Waals surface area (Å²) in [6, 6.07) is 1.77. The van der Waals surface area contributed by atoms with E-state index in [1.165, 1.54) is 11.3 Å². The van der Waals surface area contributed by atoms with Crippen LogP contribution in [-0.2, 0) is 0 Å². The van der Waals surface area contributed by atoms with E-state index in [4.69, 9.17) is 17.3 Å². The van der Waals surface area contributed by atoms with Crippen molar-refractivity contribution >= 4 is 28.6 Å². The molecule has 1 aromatic heterocycles. The molecule has 1 nitrogen and oxygen atoms in total. The SMILES string of the molecule is Cc1sc(Cl)cc1N. The number of halogens is 1. The Morgan fingerprint density at radius 1 is 1.75 bits per heavy atom. The summed E-state index contributed by atoms with van der Waals surface area (Å²) in [6.07, 6.45) is 0. The molecule has 0 aliphatic heterocycles. The van der Waals surface area contributed by atoms with Crippen molar-refractivity contribution in [3.8, 4) is 0 Å². The van der Waals surface area contributed by atoms with Crippen LogP contribution in [0, 0.1) is 6.92 Å². The van der Waals surface area contributed by atoms with Crippen molar-refractivity contribution in [3.05, 3.63) is 15.3 Å². The first-order chi connectivity index (χ1) is 3.70. The van der Waals surface area contributed by atoms with Crippen molar-refractivity contribution in [1.82, 2.24) is 0 Å². The number of nitrogen functional groups attached to an aromatic ring is 1. The summed E-state index contributed by atoms with van der Waals surface area (Å²) in [5, 5.41) is 0. The van der Waals surface area contributed by atoms with E-state index >= 15 is 0 Å². The van der Waals surface area contributed by atoms with Gasteiger partial charge in [-0.1, -0.05) is 11.6 Å². The first kappa shape index (κ1) is 5.92. The number of rotatable bonds is 0. The van der Waals surface area contributed by atoms with Crippen LogP contribution in [0.5, 0.6) is 0 Å². The smallest absolute Gasteiger partial charge is 0.0952 e. The summed E-state index contributed by atoms with van der Waals surface area (Å²) < 4.78 is 0.764. The minimum absolute atomic E-state index is 0.764. The Kier molecular flexibility index (Phi) is 1.45. The van der Waals surface area contributed by atoms with Crippen molar-refractivity contribution in [2.75, 3.05) is 5.73 Å². The van der Waals surface area contributed by atoms with Gasteiger partial charge in [0.1, 0.15) is 0 Å². The van der Waals surface area contributed by atoms with Gasteiger partial charge in [-0.2, -0.15) is 0 Å². The molecule has 1 rings (SSSR count). The van der Waals surface area contributed by atoms with Crippen molar-refractivity contribution in [1.29, 1.82) is 0 Å². The lowest BCUT2D eigenvalue weighted by Gasteiger charge is -1.80. The van der Waals surface area contributed by atoms with Gasteiger partial charge in [0.2, 0.25) is 0 Å². The van der Waals surface area contributed by atoms with Crippen LogP contribution in [-0.4, -0.2) is 0 Å². The van der Waals surface area contributed by atoms with Gasteiger partial charge in [0, 0.05) is 10.6 Å². The van der Waals surface area contributed by atoms with Crippen LogP contribution in [0.15, 0.2) is 6.07 Å². The molecule has 0 saturated heterocycles. The van der Waals surface area contributed by atoms with Gasteiger partial charge in [-0.3, -0.25) is 0 Å². The molecule has 0 aliphatic carbocycles. The number of aryl methyl sites for hydroxylation is 1. The third-order valence-electron chi connectivity index (χ3n) is 0.926. The zero-order valence-electron chi connectivity index (χ0n) is 4.44. The fraction of sp³-hybridized carbons (Fsp3) is 0.200. The molecule has 0 unspecified atom stereocenters. The number of thiophene rings is 1. The second-order valence-electron chi connectivity index (χ2n) is 1.56. The third kappa shape index (κ3) is 0.956. The first-order valence-corrected chi connectivity index (χ1v) is 3.41. The topological polar surface area (TPSA) is 26.0 Å². The zero-order chi connectivity index (χ0) is 6.15. The van der Waals surface area contributed by atoms with Gasteiger partial charge >= 0.3 is 0 Å². The van der Waals surface area contributed by atoms with Gasteiger partial charge in [-0.15, -0.1) is 11.3 Å². The lowest BCUT2D eigenvalue weighted by atomic mass is 10.4. The van der Waals surface area contributed by atoms with Gasteiger partial charge in [0.15, 0.2) is 0 Å². The maximum atomic E-state index is 5.60. The van der Waals surface area contributed by atoms with Crippen LogP contribution in [0.2, 0.25) is 4.34 Å². The monoisotopic (exact) mass is 147 g/mol. The van der Waals surface area contributed by atoms with Crippen molar-refractivity contribution in [2.45, 2.75) is 6.92 Å². The Hall–Kier alpha value is -0.210. The molecule has 1 heterocycles. The van der Waals surface area contributed by atoms with Gasteiger partial charge in [-0.05, 0) is 13.0 Å². The van der Waals surface area contributed by atoms with Crippen molar-refractivity contribution in [3.63, 3.8) is 0 Å². The third-order valence-corrected chi connectivity index (χ3v) is 2.12. The lowest BCUT2D eigenvalue weighted by Crippen LogP contribution is -1.79. The van der Waals surface area contributed by atoms with Gasteiger partial charge in [0.25, 0.3) is 0 Å². The first-order valence-electron chi connectivity index (χ1n) is 2.21. The van der Waals surface area contributed by atoms with E-state index in [1.807, 2.05) is 6.92 Å². The highest BCUT2D eigenvalue weighted by Crippen LogP contribution is 2.26. The Morgan fingerprint density at radius 3 is 2.50 bits per heavy atom. The summed E-state index contributed by atoms with van der Waals surface area (Å²) in [6.45, 7) is 1.95. The van der Waals surface area contributed by atoms with E-state index in [1.54, 1.807) is 6.07 Å². The predicted octanol–water partition coefficient (Wildman–Crippen LogP) is 2.29. The Bertz CT molecular complexity index is 175. The zero-order valence-corrected chi connectivity index (χ0v) is 6.01. The highest BCUT2D eigenvalue weighted by Gasteiger charge is 1.96. The molecule has 0 fully saturated rings. The molecule has 0 radical (unpaired) electrons. The Balaban J connectivity index is 3.14. The minimum atomic E-state index is 0.764. The molecule has 1 aromatic rings. The fourth-order valence-electron chi connectivity index (χ4n) is 0.459. The van der Waals surface area contributed by atoms with Crippen LogP contribution in [0.3, 0.4) is 0 Å². The van der Waals surface area contributed by atoms with Gasteiger partial charge < -0.3 is 5.73 Å². The van der Waals surface area contributed by atoms with Gasteiger partial charge in [-0.25, -0.2) is 0 Å². The highest BCUT2D eigenvalue weighted by atomic mass is 35.5. The van der Waals surface area contributed by atoms with Crippen LogP contribution in [0.1, 0.15) is 4.88 Å². The van der Waals surface area contributed by atoms with E-state index < -0.39 is 0 Å². The summed E-state index contributed by atoms with van der Waals surface area (Å²) in [5.74, 6) is 0. The average molecular weight is 148 g/mol. The maximum Gasteiger partial charge on any atom is 0.0952 e. The second-order valence-corrected chi connectivity index (χ2v) is 3.45. The highest BCUT2D eigenvalue weighted by molar-refractivity contribution is 7.16. The van der Waals surface area contributed by atoms with Gasteiger partial charge in [0.05, 0.1) is 4.34 Å². The molecule has 0 spiro atoms. The van der Waals surface area contributed by atoms with E-state index in [9.17, 15) is 0 Å². The summed E-state index contributed by atoms with van der Waals surface area (Å²) >= 11 is 7.11. The van der Waals surface area contributed by atoms with E-state index in [2.05, 4.69) is 0 Å². The van der Waals surface area contributed by atoms with E-state index in [0.29, 0.717) is 0 Å². The van der Waals surface area contributed by atoms with Crippen LogP contribution in [0.4, 0.5) is 5.69 Å². The van der Waals surface area contributed by atoms with Crippen LogP contribution < -0.4 is 5.73 Å². The summed E-state index contributed by atoms with van der Waals surface area (Å²) in [4.78, 5) is 1.09. The molecule has 0 bridgehead atoms. The molecular weight excluding hydrogens is 142 g/mol. The molecule has 44 valence electrons. The fourth-order valence-corrected chi connectivity index (χ4v) is 1.58. The number of hydrogen-bond acceptors (Lipinski definition) is 2. The molecular formula is C5H6ClNS. The van der Waals surface area contributed by atoms with E-state index in [0.717, 1.165) is 14.9 Å². The average Bonchev–Trinajstić information content (AvgIpc) is 1.85.